The summed E-state index contributed by atoms with van der Waals surface area (Å²) in [5.41, 5.74) is 1.06. The summed E-state index contributed by atoms with van der Waals surface area (Å²) in [5, 5.41) is 12.2. The molecular weight excluding hydrogens is 748 g/mol. The van der Waals surface area contributed by atoms with Gasteiger partial charge in [0.2, 0.25) is 11.8 Å². The van der Waals surface area contributed by atoms with Crippen molar-refractivity contribution in [1.82, 2.24) is 9.99 Å². The van der Waals surface area contributed by atoms with Gasteiger partial charge >= 0.3 is 6.18 Å². The number of rotatable bonds is 6. The number of anilines is 2. The number of hydrogen-bond acceptors (Lipinski definition) is 8. The first-order chi connectivity index (χ1) is 25.8. The van der Waals surface area contributed by atoms with Crippen molar-refractivity contribution in [2.45, 2.75) is 30.4 Å². The molecule has 2 saturated heterocycles. The second kappa shape index (κ2) is 12.9. The van der Waals surface area contributed by atoms with Crippen molar-refractivity contribution < 1.29 is 42.2 Å². The molecule has 2 aliphatic heterocycles. The number of benzene rings is 3. The van der Waals surface area contributed by atoms with Crippen LogP contribution in [0.3, 0.4) is 0 Å². The summed E-state index contributed by atoms with van der Waals surface area (Å²) < 4.78 is 46.2. The van der Waals surface area contributed by atoms with Crippen LogP contribution in [0.4, 0.5) is 24.7 Å². The van der Waals surface area contributed by atoms with E-state index in [4.69, 9.17) is 27.9 Å². The van der Waals surface area contributed by atoms with Gasteiger partial charge in [-0.2, -0.15) is 18.2 Å². The van der Waals surface area contributed by atoms with Crippen molar-refractivity contribution in [1.29, 1.82) is 0 Å². The van der Waals surface area contributed by atoms with Gasteiger partial charge in [0.15, 0.2) is 5.82 Å². The molecule has 6 atom stereocenters. The van der Waals surface area contributed by atoms with Gasteiger partial charge in [0, 0.05) is 22.7 Å². The number of pyridine rings is 1. The molecule has 3 fully saturated rings. The van der Waals surface area contributed by atoms with Gasteiger partial charge < -0.3 is 9.84 Å². The number of allylic oxidation sites excluding steroid dienone is 2. The summed E-state index contributed by atoms with van der Waals surface area (Å²) in [5.74, 6) is -7.78. The molecule has 15 heteroatoms. The van der Waals surface area contributed by atoms with E-state index in [1.807, 2.05) is 6.08 Å². The number of aromatic hydroxyl groups is 1. The summed E-state index contributed by atoms with van der Waals surface area (Å²) in [6.45, 7) is 0. The fourth-order valence-electron chi connectivity index (χ4n) is 8.93. The van der Waals surface area contributed by atoms with Crippen molar-refractivity contribution in [2.24, 2.45) is 23.7 Å². The molecule has 2 N–H and O–H groups in total. The number of methoxy groups -OCH3 is 1. The van der Waals surface area contributed by atoms with Crippen LogP contribution in [-0.4, -0.2) is 45.8 Å². The Hall–Kier alpha value is -5.40. The second-order valence-corrected chi connectivity index (χ2v) is 14.5. The number of hydrogen-bond donors (Lipinski definition) is 2. The van der Waals surface area contributed by atoms with Crippen molar-refractivity contribution in [3.8, 4) is 11.5 Å². The number of hydrazine groups is 1. The van der Waals surface area contributed by atoms with Crippen molar-refractivity contribution in [2.75, 3.05) is 17.4 Å². The van der Waals surface area contributed by atoms with Crippen LogP contribution in [0.15, 0.2) is 96.7 Å². The first-order valence-corrected chi connectivity index (χ1v) is 17.7. The monoisotopic (exact) mass is 776 g/mol. The van der Waals surface area contributed by atoms with E-state index >= 15 is 4.79 Å². The molecule has 4 amide bonds. The number of alkyl halides is 3. The number of carbonyl (C=O) groups excluding carboxylic acids is 4. The fourth-order valence-corrected chi connectivity index (χ4v) is 9.26. The third-order valence-electron chi connectivity index (χ3n) is 11.1. The number of nitrogens with zero attached hydrogens (tertiary/aromatic N) is 3. The molecule has 1 aromatic heterocycles. The quantitative estimate of drug-likeness (QED) is 0.154. The highest BCUT2D eigenvalue weighted by atomic mass is 35.5. The van der Waals surface area contributed by atoms with Gasteiger partial charge in [0.25, 0.3) is 11.8 Å². The third-order valence-corrected chi connectivity index (χ3v) is 11.7. The topological polar surface area (TPSA) is 129 Å². The highest BCUT2D eigenvalue weighted by Crippen LogP contribution is 2.66. The molecule has 0 spiro atoms. The maximum Gasteiger partial charge on any atom is 0.417 e. The van der Waals surface area contributed by atoms with Crippen LogP contribution in [0.2, 0.25) is 10.0 Å². The molecule has 54 heavy (non-hydrogen) atoms. The number of aromatic nitrogens is 1. The molecule has 6 unspecified atom stereocenters. The smallest absolute Gasteiger partial charge is 0.417 e. The lowest BCUT2D eigenvalue weighted by atomic mass is 9.49. The SMILES string of the molecule is COc1cccc(O)c1C1C2=CCC3C(=O)N(c4ccccc4)C(=O)C3C2CC2C(=O)N(Nc3ncc(C(F)(F)F)cc3Cl)C(=O)C21c1ccc(Cl)cc1. The molecular formula is C39H29Cl2F3N4O6. The number of imide groups is 2. The van der Waals surface area contributed by atoms with E-state index in [-0.39, 0.29) is 35.7 Å². The maximum atomic E-state index is 15.3. The zero-order chi connectivity index (χ0) is 38.3. The Labute approximate surface area is 316 Å². The van der Waals surface area contributed by atoms with Gasteiger partial charge in [-0.3, -0.25) is 29.5 Å². The fraction of sp³-hybridized carbons (Fsp3) is 0.256. The standard InChI is InChI=1S/C39H29Cl2F3N4O6/c1-54-29-9-5-8-28(49)31(29)32-23-14-15-24-30(36(52)47(34(24)50)22-6-3-2-4-7-22)25(23)17-26-35(51)48(37(53)38(26,32)19-10-12-21(40)13-11-19)46-33-27(41)16-20(18-45-33)39(42,43)44/h2-14,16,18,24-26,30,32,49H,15,17H2,1H3,(H,45,46). The summed E-state index contributed by atoms with van der Waals surface area (Å²) >= 11 is 12.6. The highest BCUT2D eigenvalue weighted by molar-refractivity contribution is 6.33. The van der Waals surface area contributed by atoms with Gasteiger partial charge in [-0.1, -0.05) is 71.2 Å². The van der Waals surface area contributed by atoms with Crippen LogP contribution >= 0.6 is 23.2 Å². The minimum absolute atomic E-state index is 0.0827. The predicted molar refractivity (Wildman–Crippen MR) is 190 cm³/mol. The average molecular weight is 778 g/mol. The van der Waals surface area contributed by atoms with E-state index in [1.54, 1.807) is 66.7 Å². The zero-order valence-corrected chi connectivity index (χ0v) is 29.7. The lowest BCUT2D eigenvalue weighted by Crippen LogP contribution is -2.53. The minimum Gasteiger partial charge on any atom is -0.508 e. The number of halogens is 5. The predicted octanol–water partition coefficient (Wildman–Crippen LogP) is 7.31. The third kappa shape index (κ3) is 5.19. The average Bonchev–Trinajstić information content (AvgIpc) is 3.53. The Bertz CT molecular complexity index is 2270. The van der Waals surface area contributed by atoms with Crippen LogP contribution < -0.4 is 15.1 Å². The lowest BCUT2D eigenvalue weighted by molar-refractivity contribution is -0.139. The van der Waals surface area contributed by atoms with Gasteiger partial charge in [-0.25, -0.2) is 4.98 Å². The van der Waals surface area contributed by atoms with E-state index < -0.39 is 75.4 Å². The van der Waals surface area contributed by atoms with E-state index in [0.29, 0.717) is 39.1 Å². The Morgan fingerprint density at radius 1 is 0.926 bits per heavy atom. The molecule has 4 aromatic rings. The molecule has 276 valence electrons. The number of nitrogens with one attached hydrogen (secondary N) is 1. The Morgan fingerprint density at radius 3 is 2.31 bits per heavy atom. The van der Waals surface area contributed by atoms with Gasteiger partial charge in [-0.05, 0) is 66.8 Å². The van der Waals surface area contributed by atoms with Crippen LogP contribution in [0.25, 0.3) is 0 Å². The Kier molecular flexibility index (Phi) is 8.49. The summed E-state index contributed by atoms with van der Waals surface area (Å²) in [4.78, 5) is 63.5. The van der Waals surface area contributed by atoms with Crippen molar-refractivity contribution in [3.63, 3.8) is 0 Å². The van der Waals surface area contributed by atoms with Gasteiger partial charge in [0.1, 0.15) is 11.5 Å². The number of ether oxygens (including phenoxy) is 1. The second-order valence-electron chi connectivity index (χ2n) is 13.7. The maximum absolute atomic E-state index is 15.3. The van der Waals surface area contributed by atoms with Crippen LogP contribution in [-0.2, 0) is 30.8 Å². The van der Waals surface area contributed by atoms with Gasteiger partial charge in [-0.15, -0.1) is 0 Å². The van der Waals surface area contributed by atoms with E-state index in [1.165, 1.54) is 13.2 Å². The molecule has 3 heterocycles. The molecule has 8 rings (SSSR count). The number of fused-ring (bicyclic) bond motifs is 4. The summed E-state index contributed by atoms with van der Waals surface area (Å²) in [7, 11) is 1.39. The van der Waals surface area contributed by atoms with Crippen molar-refractivity contribution >= 4 is 58.3 Å². The number of para-hydroxylation sites is 1. The van der Waals surface area contributed by atoms with Crippen LogP contribution in [0.1, 0.15) is 35.4 Å². The van der Waals surface area contributed by atoms with Crippen LogP contribution in [0.5, 0.6) is 11.5 Å². The lowest BCUT2D eigenvalue weighted by Gasteiger charge is -2.50. The molecule has 2 aliphatic carbocycles. The first kappa shape index (κ1) is 35.6. The van der Waals surface area contributed by atoms with Crippen LogP contribution in [0, 0.1) is 23.7 Å². The van der Waals surface area contributed by atoms with E-state index in [0.717, 1.165) is 4.90 Å². The zero-order valence-electron chi connectivity index (χ0n) is 28.2. The number of phenolic OH excluding ortho intramolecular Hbond substituents is 1. The van der Waals surface area contributed by atoms with Crippen molar-refractivity contribution in [3.05, 3.63) is 123 Å². The first-order valence-electron chi connectivity index (χ1n) is 16.9. The van der Waals surface area contributed by atoms with E-state index in [9.17, 15) is 32.7 Å². The highest BCUT2D eigenvalue weighted by Gasteiger charge is 2.71. The molecule has 0 radical (unpaired) electrons. The summed E-state index contributed by atoms with van der Waals surface area (Å²) in [6.07, 6.45) is -2.37. The molecule has 10 nitrogen and oxygen atoms in total. The van der Waals surface area contributed by atoms with E-state index in [2.05, 4.69) is 10.4 Å². The minimum atomic E-state index is -4.76. The molecule has 3 aromatic carbocycles. The molecule has 1 saturated carbocycles. The number of amides is 4. The number of phenols is 1. The molecule has 4 aliphatic rings. The Morgan fingerprint density at radius 2 is 1.65 bits per heavy atom. The van der Waals surface area contributed by atoms with Gasteiger partial charge in [0.05, 0.1) is 46.6 Å². The molecule has 0 bridgehead atoms. The number of carbonyl (C=O) groups is 4. The largest absolute Gasteiger partial charge is 0.508 e. The Balaban J connectivity index is 1.34. The summed E-state index contributed by atoms with van der Waals surface area (Å²) in [6, 6.07) is 20.0. The normalized spacial score (nSPS) is 26.3.